The molecule has 0 bridgehead atoms. The van der Waals surface area contributed by atoms with Crippen LogP contribution in [0.3, 0.4) is 0 Å². The summed E-state index contributed by atoms with van der Waals surface area (Å²) in [6, 6.07) is 7.63. The first-order valence-electron chi connectivity index (χ1n) is 9.22. The summed E-state index contributed by atoms with van der Waals surface area (Å²) in [6.45, 7) is 5.09. The number of benzene rings is 1. The summed E-state index contributed by atoms with van der Waals surface area (Å²) in [5, 5.41) is 11.6. The molecule has 0 saturated heterocycles. The van der Waals surface area contributed by atoms with Gasteiger partial charge in [0.15, 0.2) is 0 Å². The SMILES string of the molecule is CC(C)c1nccc2c1c(Sc1ccc(Cl)c(Cl)c1)c1n2CCC1CC(=O)O. The van der Waals surface area contributed by atoms with Crippen LogP contribution in [0.4, 0.5) is 0 Å². The van der Waals surface area contributed by atoms with Crippen LogP contribution in [0.25, 0.3) is 10.9 Å². The monoisotopic (exact) mass is 434 g/mol. The predicted octanol–water partition coefficient (Wildman–Crippen LogP) is 6.58. The highest BCUT2D eigenvalue weighted by Crippen LogP contribution is 2.48. The molecular weight excluding hydrogens is 415 g/mol. The number of halogens is 2. The van der Waals surface area contributed by atoms with Gasteiger partial charge in [0.25, 0.3) is 0 Å². The van der Waals surface area contributed by atoms with Crippen LogP contribution in [0.15, 0.2) is 40.3 Å². The van der Waals surface area contributed by atoms with Crippen LogP contribution in [0.2, 0.25) is 10.0 Å². The third-order valence-corrected chi connectivity index (χ3v) is 7.01. The summed E-state index contributed by atoms with van der Waals surface area (Å²) >= 11 is 13.9. The van der Waals surface area contributed by atoms with Crippen molar-refractivity contribution >= 4 is 51.8 Å². The van der Waals surface area contributed by atoms with E-state index in [1.54, 1.807) is 17.8 Å². The highest BCUT2D eigenvalue weighted by atomic mass is 35.5. The minimum absolute atomic E-state index is 0.00446. The zero-order chi connectivity index (χ0) is 20.0. The van der Waals surface area contributed by atoms with E-state index >= 15 is 0 Å². The number of fused-ring (bicyclic) bond motifs is 3. The highest BCUT2D eigenvalue weighted by Gasteiger charge is 2.32. The number of carbonyl (C=O) groups is 1. The van der Waals surface area contributed by atoms with Gasteiger partial charge < -0.3 is 9.67 Å². The Morgan fingerprint density at radius 3 is 2.79 bits per heavy atom. The smallest absolute Gasteiger partial charge is 0.304 e. The van der Waals surface area contributed by atoms with Crippen molar-refractivity contribution in [1.29, 1.82) is 0 Å². The number of nitrogens with zero attached hydrogens (tertiary/aromatic N) is 2. The molecule has 3 heterocycles. The molecule has 1 aliphatic rings. The second-order valence-corrected chi connectivity index (χ2v) is 9.27. The Labute approximate surface area is 177 Å². The Kier molecular flexibility index (Phi) is 5.34. The van der Waals surface area contributed by atoms with Crippen molar-refractivity contribution in [3.05, 3.63) is 51.9 Å². The first-order chi connectivity index (χ1) is 13.4. The summed E-state index contributed by atoms with van der Waals surface area (Å²) < 4.78 is 2.27. The molecule has 4 nitrogen and oxygen atoms in total. The van der Waals surface area contributed by atoms with Crippen LogP contribution in [-0.4, -0.2) is 20.6 Å². The topological polar surface area (TPSA) is 55.1 Å². The number of pyridine rings is 1. The highest BCUT2D eigenvalue weighted by molar-refractivity contribution is 7.99. The molecule has 0 saturated carbocycles. The number of hydrogen-bond donors (Lipinski definition) is 1. The quantitative estimate of drug-likeness (QED) is 0.492. The number of carboxylic acids is 1. The van der Waals surface area contributed by atoms with E-state index in [0.717, 1.165) is 45.0 Å². The zero-order valence-corrected chi connectivity index (χ0v) is 17.9. The second kappa shape index (κ2) is 7.62. The Hall–Kier alpha value is -1.69. The molecule has 1 unspecified atom stereocenters. The van der Waals surface area contributed by atoms with Crippen LogP contribution < -0.4 is 0 Å². The van der Waals surface area contributed by atoms with E-state index in [0.29, 0.717) is 10.0 Å². The third kappa shape index (κ3) is 3.40. The summed E-state index contributed by atoms with van der Waals surface area (Å²) in [4.78, 5) is 18.2. The molecule has 1 N–H and O–H groups in total. The van der Waals surface area contributed by atoms with Crippen molar-refractivity contribution in [3.63, 3.8) is 0 Å². The van der Waals surface area contributed by atoms with Gasteiger partial charge in [0.05, 0.1) is 27.7 Å². The molecule has 4 rings (SSSR count). The normalized spacial score (nSPS) is 16.1. The van der Waals surface area contributed by atoms with Crippen LogP contribution in [0.5, 0.6) is 0 Å². The zero-order valence-electron chi connectivity index (χ0n) is 15.6. The Bertz CT molecular complexity index is 1080. The van der Waals surface area contributed by atoms with E-state index < -0.39 is 5.97 Å². The lowest BCUT2D eigenvalue weighted by atomic mass is 9.99. The molecule has 2 aromatic heterocycles. The molecule has 28 heavy (non-hydrogen) atoms. The average molecular weight is 435 g/mol. The van der Waals surface area contributed by atoms with Crippen molar-refractivity contribution in [2.24, 2.45) is 0 Å². The molecular formula is C21H20Cl2N2O2S. The number of aromatic nitrogens is 2. The van der Waals surface area contributed by atoms with Crippen molar-refractivity contribution in [2.45, 2.75) is 54.9 Å². The minimum atomic E-state index is -0.767. The van der Waals surface area contributed by atoms with Gasteiger partial charge in [-0.25, -0.2) is 0 Å². The number of rotatable bonds is 5. The maximum atomic E-state index is 11.4. The number of aliphatic carboxylic acids is 1. The molecule has 0 radical (unpaired) electrons. The van der Waals surface area contributed by atoms with Crippen molar-refractivity contribution in [2.75, 3.05) is 0 Å². The molecule has 1 aromatic carbocycles. The van der Waals surface area contributed by atoms with Gasteiger partial charge >= 0.3 is 5.97 Å². The Morgan fingerprint density at radius 2 is 2.11 bits per heavy atom. The van der Waals surface area contributed by atoms with Crippen LogP contribution in [0, 0.1) is 0 Å². The summed E-state index contributed by atoms with van der Waals surface area (Å²) in [7, 11) is 0. The fourth-order valence-corrected chi connectivity index (χ4v) is 5.59. The summed E-state index contributed by atoms with van der Waals surface area (Å²) in [6.07, 6.45) is 2.82. The van der Waals surface area contributed by atoms with E-state index in [9.17, 15) is 9.90 Å². The largest absolute Gasteiger partial charge is 0.481 e. The molecule has 0 aliphatic carbocycles. The molecule has 1 aliphatic heterocycles. The van der Waals surface area contributed by atoms with Gasteiger partial charge in [-0.2, -0.15) is 0 Å². The fourth-order valence-electron chi connectivity index (χ4n) is 3.98. The third-order valence-electron chi connectivity index (χ3n) is 5.17. The maximum absolute atomic E-state index is 11.4. The van der Waals surface area contributed by atoms with E-state index in [2.05, 4.69) is 23.4 Å². The standard InChI is InChI=1S/C21H20Cl2N2O2S/c1-11(2)19-18-16(5-7-24-19)25-8-6-12(9-17(26)27)20(25)21(18)28-13-3-4-14(22)15(23)10-13/h3-5,7,10-12H,6,8-9H2,1-2H3,(H,26,27). The van der Waals surface area contributed by atoms with E-state index in [1.807, 2.05) is 24.4 Å². The molecule has 0 amide bonds. The summed E-state index contributed by atoms with van der Waals surface area (Å²) in [5.74, 6) is -0.510. The second-order valence-electron chi connectivity index (χ2n) is 7.37. The number of hydrogen-bond acceptors (Lipinski definition) is 3. The van der Waals surface area contributed by atoms with Gasteiger partial charge in [0, 0.05) is 39.5 Å². The van der Waals surface area contributed by atoms with Gasteiger partial charge in [-0.3, -0.25) is 9.78 Å². The average Bonchev–Trinajstić information content (AvgIpc) is 3.17. The molecule has 146 valence electrons. The molecule has 1 atom stereocenters. The van der Waals surface area contributed by atoms with Crippen LogP contribution >= 0.6 is 35.0 Å². The first kappa shape index (κ1) is 19.6. The van der Waals surface area contributed by atoms with Gasteiger partial charge in [0.2, 0.25) is 0 Å². The predicted molar refractivity (Wildman–Crippen MR) is 114 cm³/mol. The Balaban J connectivity index is 1.93. The van der Waals surface area contributed by atoms with Gasteiger partial charge in [-0.1, -0.05) is 48.8 Å². The lowest BCUT2D eigenvalue weighted by Gasteiger charge is -2.13. The van der Waals surface area contributed by atoms with Gasteiger partial charge in [0.1, 0.15) is 0 Å². The number of carboxylic acid groups (broad SMARTS) is 1. The van der Waals surface area contributed by atoms with Crippen LogP contribution in [0.1, 0.15) is 49.9 Å². The molecule has 7 heteroatoms. The lowest BCUT2D eigenvalue weighted by molar-refractivity contribution is -0.137. The maximum Gasteiger partial charge on any atom is 0.304 e. The molecule has 0 spiro atoms. The van der Waals surface area contributed by atoms with Crippen molar-refractivity contribution in [1.82, 2.24) is 9.55 Å². The summed E-state index contributed by atoms with van der Waals surface area (Å²) in [5.41, 5.74) is 3.27. The lowest BCUT2D eigenvalue weighted by Crippen LogP contribution is -2.04. The Morgan fingerprint density at radius 1 is 1.32 bits per heavy atom. The van der Waals surface area contributed by atoms with E-state index in [-0.39, 0.29) is 18.3 Å². The van der Waals surface area contributed by atoms with Gasteiger partial charge in [-0.05, 0) is 36.6 Å². The fraction of sp³-hybridized carbons (Fsp3) is 0.333. The molecule has 3 aromatic rings. The number of aryl methyl sites for hydroxylation is 1. The van der Waals surface area contributed by atoms with Crippen LogP contribution in [-0.2, 0) is 11.3 Å². The van der Waals surface area contributed by atoms with Gasteiger partial charge in [-0.15, -0.1) is 0 Å². The minimum Gasteiger partial charge on any atom is -0.481 e. The van der Waals surface area contributed by atoms with E-state index in [1.165, 1.54) is 0 Å². The molecule has 0 fully saturated rings. The van der Waals surface area contributed by atoms with E-state index in [4.69, 9.17) is 23.2 Å². The van der Waals surface area contributed by atoms with Crippen molar-refractivity contribution in [3.8, 4) is 0 Å². The van der Waals surface area contributed by atoms with Crippen molar-refractivity contribution < 1.29 is 9.90 Å². The first-order valence-corrected chi connectivity index (χ1v) is 10.8.